The first-order chi connectivity index (χ1) is 12.8. The summed E-state index contributed by atoms with van der Waals surface area (Å²) in [5, 5.41) is 0. The largest absolute Gasteiger partial charge is 0.454 e. The van der Waals surface area contributed by atoms with Crippen LogP contribution < -0.4 is 0 Å². The van der Waals surface area contributed by atoms with Gasteiger partial charge >= 0.3 is 5.97 Å². The molecular weight excluding hydrogens is 382 g/mol. The van der Waals surface area contributed by atoms with Crippen LogP contribution in [0, 0.1) is 21.7 Å². The van der Waals surface area contributed by atoms with Gasteiger partial charge in [0.05, 0.1) is 0 Å². The maximum atomic E-state index is 12.0. The lowest BCUT2D eigenvalue weighted by Crippen LogP contribution is -2.45. The average molecular weight is 428 g/mol. The molecule has 0 radical (unpaired) electrons. The van der Waals surface area contributed by atoms with Crippen LogP contribution in [0.4, 0.5) is 0 Å². The number of nitrogens with zero attached hydrogens (tertiary/aromatic N) is 1. The Balaban J connectivity index is 0. The Morgan fingerprint density at radius 1 is 0.567 bits per heavy atom. The quantitative estimate of drug-likeness (QED) is 0.480. The number of rotatable bonds is 4. The molecule has 0 heterocycles. The van der Waals surface area contributed by atoms with E-state index in [2.05, 4.69) is 0 Å². The Labute approximate surface area is 184 Å². The number of amides is 1. The second kappa shape index (κ2) is 9.61. The molecule has 0 rings (SSSR count). The Morgan fingerprint density at radius 3 is 1.10 bits per heavy atom. The maximum absolute atomic E-state index is 12.0. The third-order valence-corrected chi connectivity index (χ3v) is 6.07. The van der Waals surface area contributed by atoms with E-state index >= 15 is 0 Å². The topological polar surface area (TPSA) is 80.8 Å². The predicted molar refractivity (Wildman–Crippen MR) is 121 cm³/mol. The van der Waals surface area contributed by atoms with Gasteiger partial charge in [0.25, 0.3) is 5.91 Å². The molecule has 0 aromatic rings. The van der Waals surface area contributed by atoms with Gasteiger partial charge < -0.3 is 9.64 Å². The number of ether oxygens (including phenoxy) is 1. The highest BCUT2D eigenvalue weighted by molar-refractivity contribution is 6.38. The lowest BCUT2D eigenvalue weighted by molar-refractivity contribution is -0.168. The lowest BCUT2D eigenvalue weighted by atomic mass is 9.66. The molecule has 0 unspecified atom stereocenters. The van der Waals surface area contributed by atoms with E-state index < -0.39 is 34.1 Å². The van der Waals surface area contributed by atoms with Crippen molar-refractivity contribution in [3.63, 3.8) is 0 Å². The molecule has 0 aromatic heterocycles. The summed E-state index contributed by atoms with van der Waals surface area (Å²) in [4.78, 5) is 48.4. The number of likely N-dealkylation sites (N-methyl/N-ethyl adjacent to an activating group) is 1. The fourth-order valence-electron chi connectivity index (χ4n) is 1.73. The van der Waals surface area contributed by atoms with Crippen LogP contribution in [0.2, 0.25) is 0 Å². The number of ketones is 2. The molecule has 0 aliphatic heterocycles. The van der Waals surface area contributed by atoms with E-state index in [1.54, 1.807) is 48.7 Å². The van der Waals surface area contributed by atoms with Gasteiger partial charge in [-0.2, -0.15) is 0 Å². The zero-order valence-electron chi connectivity index (χ0n) is 22.0. The van der Waals surface area contributed by atoms with E-state index in [1.807, 2.05) is 55.4 Å². The summed E-state index contributed by atoms with van der Waals surface area (Å²) in [6, 6.07) is 0. The number of hydrogen-bond acceptors (Lipinski definition) is 5. The highest BCUT2D eigenvalue weighted by Crippen LogP contribution is 2.39. The van der Waals surface area contributed by atoms with Crippen molar-refractivity contribution in [2.75, 3.05) is 14.1 Å². The summed E-state index contributed by atoms with van der Waals surface area (Å²) in [7, 11) is 3.19. The molecule has 0 fully saturated rings. The smallest absolute Gasteiger partial charge is 0.375 e. The lowest BCUT2D eigenvalue weighted by Gasteiger charge is -2.37. The van der Waals surface area contributed by atoms with E-state index in [0.717, 1.165) is 0 Å². The summed E-state index contributed by atoms with van der Waals surface area (Å²) >= 11 is 0. The second-order valence-electron chi connectivity index (χ2n) is 12.1. The average Bonchev–Trinajstić information content (AvgIpc) is 2.49. The van der Waals surface area contributed by atoms with Crippen molar-refractivity contribution >= 4 is 23.4 Å². The SMILES string of the molecule is CC(C)(C)OC(=O)C(=O)C(C)(C)C(C)(C)C.CN(C)C(=O)C(=O)C(C)(C)C(C)(C)C. The molecule has 0 saturated carbocycles. The summed E-state index contributed by atoms with van der Waals surface area (Å²) in [5.74, 6) is -1.96. The van der Waals surface area contributed by atoms with E-state index in [0.29, 0.717) is 0 Å². The monoisotopic (exact) mass is 427 g/mol. The normalized spacial score (nSPS) is 13.0. The van der Waals surface area contributed by atoms with Crippen molar-refractivity contribution in [1.29, 1.82) is 0 Å². The van der Waals surface area contributed by atoms with Crippen LogP contribution in [0.25, 0.3) is 0 Å². The summed E-state index contributed by atoms with van der Waals surface area (Å²) < 4.78 is 5.09. The van der Waals surface area contributed by atoms with E-state index in [1.165, 1.54) is 4.90 Å². The van der Waals surface area contributed by atoms with Crippen molar-refractivity contribution in [3.05, 3.63) is 0 Å². The van der Waals surface area contributed by atoms with Gasteiger partial charge in [-0.3, -0.25) is 14.4 Å². The molecule has 1 amide bonds. The van der Waals surface area contributed by atoms with Gasteiger partial charge in [-0.05, 0) is 31.6 Å². The Kier molecular flexibility index (Phi) is 9.76. The molecule has 6 nitrogen and oxygen atoms in total. The summed E-state index contributed by atoms with van der Waals surface area (Å²) in [6.45, 7) is 24.2. The molecule has 0 aliphatic rings. The third-order valence-electron chi connectivity index (χ3n) is 6.07. The molecule has 30 heavy (non-hydrogen) atoms. The van der Waals surface area contributed by atoms with Gasteiger partial charge in [0, 0.05) is 24.9 Å². The molecule has 0 saturated heterocycles. The van der Waals surface area contributed by atoms with E-state index in [9.17, 15) is 19.2 Å². The zero-order chi connectivity index (χ0) is 25.1. The predicted octanol–water partition coefficient (Wildman–Crippen LogP) is 4.69. The highest BCUT2D eigenvalue weighted by Gasteiger charge is 2.45. The van der Waals surface area contributed by atoms with Crippen LogP contribution >= 0.6 is 0 Å². The summed E-state index contributed by atoms with van der Waals surface area (Å²) in [5.41, 5.74) is -2.47. The standard InChI is InChI=1S/C13H24O3.C11H21NO2/c1-11(2,3)13(7,8)9(14)10(15)16-12(4,5)6;1-10(2,3)11(4,5)8(13)9(14)12(6)7/h1-8H3;1-7H3. The highest BCUT2D eigenvalue weighted by atomic mass is 16.6. The van der Waals surface area contributed by atoms with Gasteiger partial charge in [0.2, 0.25) is 11.6 Å². The minimum absolute atomic E-state index is 0.213. The number of carbonyl (C=O) groups is 4. The minimum Gasteiger partial charge on any atom is -0.454 e. The van der Waals surface area contributed by atoms with Crippen LogP contribution in [0.1, 0.15) is 90.0 Å². The first-order valence-corrected chi connectivity index (χ1v) is 10.3. The van der Waals surface area contributed by atoms with E-state index in [4.69, 9.17) is 4.74 Å². The van der Waals surface area contributed by atoms with Crippen molar-refractivity contribution in [1.82, 2.24) is 4.90 Å². The van der Waals surface area contributed by atoms with Crippen molar-refractivity contribution < 1.29 is 23.9 Å². The van der Waals surface area contributed by atoms with Crippen molar-refractivity contribution in [2.24, 2.45) is 21.7 Å². The van der Waals surface area contributed by atoms with Crippen molar-refractivity contribution in [3.8, 4) is 0 Å². The van der Waals surface area contributed by atoms with Gasteiger partial charge in [0.1, 0.15) is 5.60 Å². The first-order valence-electron chi connectivity index (χ1n) is 10.3. The third kappa shape index (κ3) is 8.19. The Morgan fingerprint density at radius 2 is 0.867 bits per heavy atom. The number of esters is 1. The zero-order valence-corrected chi connectivity index (χ0v) is 22.0. The van der Waals surface area contributed by atoms with Crippen LogP contribution in [0.5, 0.6) is 0 Å². The van der Waals surface area contributed by atoms with Gasteiger partial charge in [0.15, 0.2) is 0 Å². The fraction of sp³-hybridized carbons (Fsp3) is 0.833. The molecule has 0 spiro atoms. The molecule has 0 aliphatic carbocycles. The van der Waals surface area contributed by atoms with Crippen LogP contribution in [-0.4, -0.2) is 48.0 Å². The minimum atomic E-state index is -0.743. The van der Waals surface area contributed by atoms with Crippen LogP contribution in [0.3, 0.4) is 0 Å². The second-order valence-corrected chi connectivity index (χ2v) is 12.1. The molecule has 0 bridgehead atoms. The molecular formula is C24H45NO5. The Hall–Kier alpha value is -1.72. The molecule has 176 valence electrons. The van der Waals surface area contributed by atoms with Crippen LogP contribution in [0.15, 0.2) is 0 Å². The maximum Gasteiger partial charge on any atom is 0.375 e. The summed E-state index contributed by atoms with van der Waals surface area (Å²) in [6.07, 6.45) is 0. The molecule has 0 aromatic carbocycles. The van der Waals surface area contributed by atoms with Gasteiger partial charge in [-0.25, -0.2) is 4.79 Å². The van der Waals surface area contributed by atoms with E-state index in [-0.39, 0.29) is 16.6 Å². The van der Waals surface area contributed by atoms with Gasteiger partial charge in [-0.1, -0.05) is 69.2 Å². The Bertz CT molecular complexity index is 651. The number of Topliss-reactive ketones (excluding diaryl/α,β-unsaturated/α-hetero) is 2. The number of carbonyl (C=O) groups excluding carboxylic acids is 4. The molecule has 0 N–H and O–H groups in total. The first kappa shape index (κ1) is 30.5. The molecule has 6 heteroatoms. The van der Waals surface area contributed by atoms with Crippen molar-refractivity contribution in [2.45, 2.75) is 95.6 Å². The van der Waals surface area contributed by atoms with Gasteiger partial charge in [-0.15, -0.1) is 0 Å². The number of hydrogen-bond donors (Lipinski definition) is 0. The molecule has 0 atom stereocenters. The fourth-order valence-corrected chi connectivity index (χ4v) is 1.73. The van der Waals surface area contributed by atoms with Crippen LogP contribution in [-0.2, 0) is 23.9 Å².